The second-order valence-electron chi connectivity index (χ2n) is 7.91. The van der Waals surface area contributed by atoms with E-state index in [9.17, 15) is 14.4 Å². The van der Waals surface area contributed by atoms with Gasteiger partial charge in [0.2, 0.25) is 0 Å². The summed E-state index contributed by atoms with van der Waals surface area (Å²) in [5, 5.41) is 2.75. The molecule has 0 aliphatic carbocycles. The lowest BCUT2D eigenvalue weighted by atomic mass is 9.99. The van der Waals surface area contributed by atoms with Gasteiger partial charge >= 0.3 is 11.9 Å². The van der Waals surface area contributed by atoms with E-state index in [-0.39, 0.29) is 28.6 Å². The Hall–Kier alpha value is -3.87. The number of nitrogens with one attached hydrogen (secondary N) is 1. The fourth-order valence-corrected chi connectivity index (χ4v) is 3.64. The molecule has 2 aromatic carbocycles. The molecule has 0 saturated carbocycles. The van der Waals surface area contributed by atoms with Crippen LogP contribution in [0.5, 0.6) is 0 Å². The zero-order valence-corrected chi connectivity index (χ0v) is 19.1. The number of carbonyl (C=O) groups is 3. The Bertz CT molecular complexity index is 1090. The molecule has 2 aromatic rings. The van der Waals surface area contributed by atoms with Gasteiger partial charge in [0.25, 0.3) is 5.91 Å². The molecule has 0 radical (unpaired) electrons. The van der Waals surface area contributed by atoms with E-state index in [2.05, 4.69) is 5.32 Å². The van der Waals surface area contributed by atoms with Crippen LogP contribution in [0.15, 0.2) is 72.2 Å². The van der Waals surface area contributed by atoms with E-state index in [1.165, 1.54) is 14.2 Å². The number of hydrogen-bond acceptors (Lipinski definition) is 6. The molecule has 0 bridgehead atoms. The van der Waals surface area contributed by atoms with E-state index in [1.54, 1.807) is 48.5 Å². The number of rotatable bonds is 8. The Morgan fingerprint density at radius 1 is 0.970 bits per heavy atom. The second kappa shape index (κ2) is 10.6. The molecule has 1 N–H and O–H groups in total. The normalized spacial score (nSPS) is 15.7. The van der Waals surface area contributed by atoms with Crippen molar-refractivity contribution < 1.29 is 28.6 Å². The van der Waals surface area contributed by atoms with E-state index in [0.717, 1.165) is 0 Å². The first-order chi connectivity index (χ1) is 15.9. The first kappa shape index (κ1) is 23.8. The third-order valence-electron chi connectivity index (χ3n) is 5.11. The molecule has 1 unspecified atom stereocenters. The van der Waals surface area contributed by atoms with Crippen molar-refractivity contribution in [2.24, 2.45) is 5.92 Å². The molecule has 0 saturated heterocycles. The number of cyclic esters (lactones) is 1. The minimum atomic E-state index is -0.859. The lowest BCUT2D eigenvalue weighted by Gasteiger charge is -2.20. The summed E-state index contributed by atoms with van der Waals surface area (Å²) < 4.78 is 16.0. The van der Waals surface area contributed by atoms with Gasteiger partial charge in [-0.15, -0.1) is 0 Å². The largest absolute Gasteiger partial charge is 0.492 e. The number of methoxy groups -OCH3 is 2. The molecule has 0 aromatic heterocycles. The van der Waals surface area contributed by atoms with Crippen LogP contribution in [-0.4, -0.2) is 38.1 Å². The van der Waals surface area contributed by atoms with Gasteiger partial charge in [0.1, 0.15) is 11.6 Å². The van der Waals surface area contributed by atoms with Crippen molar-refractivity contribution >= 4 is 29.0 Å². The summed E-state index contributed by atoms with van der Waals surface area (Å²) in [6.45, 7) is 3.88. The maximum absolute atomic E-state index is 13.5. The molecule has 7 nitrogen and oxygen atoms in total. The lowest BCUT2D eigenvalue weighted by Crippen LogP contribution is -2.43. The van der Waals surface area contributed by atoms with Crippen molar-refractivity contribution in [1.82, 2.24) is 5.32 Å². The van der Waals surface area contributed by atoms with Gasteiger partial charge in [0.05, 0.1) is 19.8 Å². The molecule has 0 fully saturated rings. The Morgan fingerprint density at radius 2 is 1.58 bits per heavy atom. The smallest absolute Gasteiger partial charge is 0.348 e. The Labute approximate surface area is 193 Å². The van der Waals surface area contributed by atoms with Crippen molar-refractivity contribution in [3.8, 4) is 0 Å². The van der Waals surface area contributed by atoms with E-state index in [4.69, 9.17) is 14.2 Å². The number of hydrogen-bond donors (Lipinski definition) is 1. The van der Waals surface area contributed by atoms with E-state index in [1.807, 2.05) is 26.0 Å². The summed E-state index contributed by atoms with van der Waals surface area (Å²) in [7, 11) is 2.69. The minimum absolute atomic E-state index is 0.00165. The molecule has 7 heteroatoms. The summed E-state index contributed by atoms with van der Waals surface area (Å²) in [5.41, 5.74) is 1.43. The highest BCUT2D eigenvalue weighted by Gasteiger charge is 2.37. The van der Waals surface area contributed by atoms with Gasteiger partial charge < -0.3 is 19.5 Å². The van der Waals surface area contributed by atoms with Crippen LogP contribution in [-0.2, 0) is 28.6 Å². The molecule has 172 valence electrons. The minimum Gasteiger partial charge on any atom is -0.492 e. The van der Waals surface area contributed by atoms with Crippen molar-refractivity contribution in [3.63, 3.8) is 0 Å². The van der Waals surface area contributed by atoms with E-state index in [0.29, 0.717) is 17.5 Å². The zero-order valence-electron chi connectivity index (χ0n) is 19.1. The van der Waals surface area contributed by atoms with Gasteiger partial charge in [0.15, 0.2) is 11.5 Å². The monoisotopic (exact) mass is 449 g/mol. The van der Waals surface area contributed by atoms with Gasteiger partial charge in [0, 0.05) is 0 Å². The van der Waals surface area contributed by atoms with Crippen molar-refractivity contribution in [1.29, 1.82) is 0 Å². The highest BCUT2D eigenvalue weighted by Crippen LogP contribution is 2.38. The average molecular weight is 450 g/mol. The van der Waals surface area contributed by atoms with Crippen LogP contribution >= 0.6 is 0 Å². The van der Waals surface area contributed by atoms with E-state index < -0.39 is 23.9 Å². The molecule has 1 aliphatic heterocycles. The average Bonchev–Trinajstić information content (AvgIpc) is 3.14. The van der Waals surface area contributed by atoms with Crippen LogP contribution in [0.4, 0.5) is 0 Å². The van der Waals surface area contributed by atoms with Crippen LogP contribution in [0.1, 0.15) is 31.4 Å². The van der Waals surface area contributed by atoms with Gasteiger partial charge in [-0.1, -0.05) is 74.5 Å². The predicted molar refractivity (Wildman–Crippen MR) is 123 cm³/mol. The molecule has 0 spiro atoms. The first-order valence-corrected chi connectivity index (χ1v) is 10.6. The Morgan fingerprint density at radius 3 is 2.12 bits per heavy atom. The molecule has 1 amide bonds. The summed E-state index contributed by atoms with van der Waals surface area (Å²) in [6, 6.07) is 16.9. The lowest BCUT2D eigenvalue weighted by molar-refractivity contribution is -0.145. The van der Waals surface area contributed by atoms with Crippen molar-refractivity contribution in [2.45, 2.75) is 26.3 Å². The van der Waals surface area contributed by atoms with Gasteiger partial charge in [-0.25, -0.2) is 9.59 Å². The molecule has 1 aliphatic rings. The van der Waals surface area contributed by atoms with Gasteiger partial charge in [-0.2, -0.15) is 0 Å². The summed E-state index contributed by atoms with van der Waals surface area (Å²) >= 11 is 0. The summed E-state index contributed by atoms with van der Waals surface area (Å²) in [4.78, 5) is 38.6. The second-order valence-corrected chi connectivity index (χ2v) is 7.91. The highest BCUT2D eigenvalue weighted by atomic mass is 16.6. The third kappa shape index (κ3) is 5.31. The Balaban J connectivity index is 2.15. The van der Waals surface area contributed by atoms with Crippen molar-refractivity contribution in [2.75, 3.05) is 14.2 Å². The van der Waals surface area contributed by atoms with Gasteiger partial charge in [-0.05, 0) is 23.5 Å². The summed E-state index contributed by atoms with van der Waals surface area (Å²) in [5.74, 6) is -1.47. The topological polar surface area (TPSA) is 90.9 Å². The number of ether oxygens (including phenoxy) is 3. The standard InChI is InChI=1S/C26H27NO6/c1-16(2)15-19(25(29)32-4)27-24(28)20(17-11-7-5-8-12-17)23-22(31-3)21(26(30)33-23)18-13-9-6-10-14-18/h5-14,16,19H,15H2,1-4H3,(H,27,28)/b23-20+. The maximum Gasteiger partial charge on any atom is 0.348 e. The molecule has 3 rings (SSSR count). The number of amides is 1. The first-order valence-electron chi connectivity index (χ1n) is 10.6. The fraction of sp³-hybridized carbons (Fsp3) is 0.269. The molecule has 33 heavy (non-hydrogen) atoms. The van der Waals surface area contributed by atoms with E-state index >= 15 is 0 Å². The number of esters is 2. The molecular formula is C26H27NO6. The molecule has 1 atom stereocenters. The zero-order chi connectivity index (χ0) is 24.0. The maximum atomic E-state index is 13.5. The summed E-state index contributed by atoms with van der Waals surface area (Å²) in [6.07, 6.45) is 0.387. The molecule has 1 heterocycles. The Kier molecular flexibility index (Phi) is 7.66. The van der Waals surface area contributed by atoms with Crippen LogP contribution in [0.2, 0.25) is 0 Å². The van der Waals surface area contributed by atoms with Crippen LogP contribution in [0.25, 0.3) is 11.1 Å². The number of benzene rings is 2. The van der Waals surface area contributed by atoms with Crippen LogP contribution in [0, 0.1) is 5.92 Å². The highest BCUT2D eigenvalue weighted by molar-refractivity contribution is 6.26. The van der Waals surface area contributed by atoms with Crippen molar-refractivity contribution in [3.05, 3.63) is 83.3 Å². The quantitative estimate of drug-likeness (QED) is 0.488. The number of carbonyl (C=O) groups excluding carboxylic acids is 3. The van der Waals surface area contributed by atoms with Crippen LogP contribution < -0.4 is 5.32 Å². The van der Waals surface area contributed by atoms with Gasteiger partial charge in [-0.3, -0.25) is 4.79 Å². The van der Waals surface area contributed by atoms with Crippen LogP contribution in [0.3, 0.4) is 0 Å². The fourth-order valence-electron chi connectivity index (χ4n) is 3.64. The third-order valence-corrected chi connectivity index (χ3v) is 5.11. The molecular weight excluding hydrogens is 422 g/mol. The SMILES string of the molecule is COC(=O)C(CC(C)C)NC(=O)/C(=C1/OC(=O)C(c2ccccc2)=C1OC)c1ccccc1. The predicted octanol–water partition coefficient (Wildman–Crippen LogP) is 3.72.